The van der Waals surface area contributed by atoms with Crippen molar-refractivity contribution in [1.29, 1.82) is 0 Å². The number of rotatable bonds is 15. The predicted octanol–water partition coefficient (Wildman–Crippen LogP) is 5.72. The van der Waals surface area contributed by atoms with E-state index in [0.717, 1.165) is 11.0 Å². The number of nitrogens with one attached hydrogen (secondary N) is 1. The fourth-order valence-corrected chi connectivity index (χ4v) is 6.51. The lowest BCUT2D eigenvalue weighted by Crippen LogP contribution is -2.49. The standard InChI is InChI=1S/C38H39F2N10O6/c1-23(25-9-6-8-24(16-25)17-28(51)10-7-15-50(2,3)21-26-11-14-42-35(26)49(53)54)48-36-27(19-43-37(46-36)45-31-12-13-41-22-44-31)20-47(38(48)52)34-32(39)29(55-4)18-30(56-5)33(34)40/h6-10,12-14,16,18-19,22-23H,11,15,17,20-21H2,1-5H3,(H,41,43,44,45,46)/q+1/b10-7+. The Morgan fingerprint density at radius 1 is 1.12 bits per heavy atom. The summed E-state index contributed by atoms with van der Waals surface area (Å²) in [6, 6.07) is 8.20. The number of benzene rings is 2. The highest BCUT2D eigenvalue weighted by Gasteiger charge is 2.40. The van der Waals surface area contributed by atoms with Gasteiger partial charge in [-0.25, -0.2) is 28.5 Å². The molecule has 0 spiro atoms. The maximum atomic E-state index is 15.8. The molecule has 0 radical (unpaired) electrons. The Kier molecular flexibility index (Phi) is 11.4. The minimum Gasteiger partial charge on any atom is -0.493 e. The van der Waals surface area contributed by atoms with Crippen LogP contribution in [0.1, 0.15) is 36.1 Å². The van der Waals surface area contributed by atoms with E-state index in [2.05, 4.69) is 30.2 Å². The normalized spacial score (nSPS) is 14.7. The Hall–Kier alpha value is -6.69. The number of aromatic nitrogens is 4. The van der Waals surface area contributed by atoms with Gasteiger partial charge in [-0.05, 0) is 41.2 Å². The van der Waals surface area contributed by atoms with Gasteiger partial charge in [-0.1, -0.05) is 29.3 Å². The second kappa shape index (κ2) is 16.4. The van der Waals surface area contributed by atoms with Crippen molar-refractivity contribution in [1.82, 2.24) is 19.9 Å². The van der Waals surface area contributed by atoms with E-state index in [1.54, 1.807) is 43.3 Å². The number of nitrogens with zero attached hydrogens (tertiary/aromatic N) is 9. The molecule has 2 aliphatic heterocycles. The molecule has 16 nitrogen and oxygen atoms in total. The quantitative estimate of drug-likeness (QED) is 0.0677. The van der Waals surface area contributed by atoms with Crippen molar-refractivity contribution in [3.8, 4) is 11.5 Å². The first-order valence-corrected chi connectivity index (χ1v) is 17.4. The lowest BCUT2D eigenvalue weighted by molar-refractivity contribution is -0.880. The number of carbonyl (C=O) groups excluding carboxylic acids is 2. The predicted molar refractivity (Wildman–Crippen MR) is 203 cm³/mol. The van der Waals surface area contributed by atoms with Gasteiger partial charge in [-0.15, -0.1) is 0 Å². The van der Waals surface area contributed by atoms with E-state index in [1.807, 2.05) is 14.1 Å². The van der Waals surface area contributed by atoms with E-state index in [9.17, 15) is 19.7 Å². The molecule has 0 saturated carbocycles. The third-order valence-corrected chi connectivity index (χ3v) is 9.24. The Morgan fingerprint density at radius 2 is 1.88 bits per heavy atom. The molecule has 2 aromatic carbocycles. The van der Waals surface area contributed by atoms with Gasteiger partial charge in [0.05, 0.1) is 53.0 Å². The van der Waals surface area contributed by atoms with Crippen LogP contribution in [0.15, 0.2) is 83.7 Å². The van der Waals surface area contributed by atoms with E-state index in [-0.39, 0.29) is 47.8 Å². The molecule has 0 fully saturated rings. The van der Waals surface area contributed by atoms with E-state index < -0.39 is 34.3 Å². The smallest absolute Gasteiger partial charge is 0.368 e. The van der Waals surface area contributed by atoms with E-state index in [4.69, 9.17) is 9.47 Å². The zero-order valence-corrected chi connectivity index (χ0v) is 31.3. The summed E-state index contributed by atoms with van der Waals surface area (Å²) in [7, 11) is 6.26. The van der Waals surface area contributed by atoms with Crippen molar-refractivity contribution in [3.05, 3.63) is 117 Å². The van der Waals surface area contributed by atoms with Crippen molar-refractivity contribution in [2.45, 2.75) is 32.4 Å². The average Bonchev–Trinajstić information content (AvgIpc) is 3.63. The van der Waals surface area contributed by atoms with Crippen LogP contribution in [0.3, 0.4) is 0 Å². The van der Waals surface area contributed by atoms with Crippen LogP contribution >= 0.6 is 0 Å². The first-order valence-electron chi connectivity index (χ1n) is 17.4. The van der Waals surface area contributed by atoms with Gasteiger partial charge in [0, 0.05) is 36.9 Å². The minimum atomic E-state index is -1.10. The van der Waals surface area contributed by atoms with Gasteiger partial charge in [-0.3, -0.25) is 14.6 Å². The number of methoxy groups -OCH3 is 2. The summed E-state index contributed by atoms with van der Waals surface area (Å²) < 4.78 is 42.4. The van der Waals surface area contributed by atoms with Crippen molar-refractivity contribution in [2.24, 2.45) is 4.99 Å². The molecule has 4 aromatic rings. The number of carbonyl (C=O) groups is 2. The summed E-state index contributed by atoms with van der Waals surface area (Å²) >= 11 is 0. The first kappa shape index (κ1) is 39.0. The van der Waals surface area contributed by atoms with E-state index in [1.165, 1.54) is 50.1 Å². The molecule has 6 rings (SSSR count). The molecule has 1 atom stereocenters. The summed E-state index contributed by atoms with van der Waals surface area (Å²) in [4.78, 5) is 61.7. The van der Waals surface area contributed by atoms with Gasteiger partial charge >= 0.3 is 11.9 Å². The van der Waals surface area contributed by atoms with Gasteiger partial charge < -0.3 is 29.4 Å². The molecule has 1 unspecified atom stereocenters. The highest BCUT2D eigenvalue weighted by atomic mass is 19.1. The number of quaternary nitrogens is 1. The number of nitro groups is 1. The third-order valence-electron chi connectivity index (χ3n) is 9.24. The van der Waals surface area contributed by atoms with Crippen LogP contribution in [0.2, 0.25) is 0 Å². The lowest BCUT2D eigenvalue weighted by atomic mass is 10.00. The monoisotopic (exact) mass is 769 g/mol. The summed E-state index contributed by atoms with van der Waals surface area (Å²) in [6.07, 6.45) is 9.55. The molecule has 56 heavy (non-hydrogen) atoms. The highest BCUT2D eigenvalue weighted by molar-refractivity contribution is 6.06. The number of fused-ring (bicyclic) bond motifs is 1. The van der Waals surface area contributed by atoms with Crippen molar-refractivity contribution in [2.75, 3.05) is 56.5 Å². The van der Waals surface area contributed by atoms with Crippen LogP contribution in [0, 0.1) is 21.7 Å². The Morgan fingerprint density at radius 3 is 2.55 bits per heavy atom. The molecule has 290 valence electrons. The molecule has 18 heteroatoms. The largest absolute Gasteiger partial charge is 0.493 e. The van der Waals surface area contributed by atoms with E-state index in [0.29, 0.717) is 52.1 Å². The maximum absolute atomic E-state index is 15.8. The van der Waals surface area contributed by atoms with Gasteiger partial charge in [0.1, 0.15) is 36.4 Å². The number of amides is 2. The molecule has 2 aromatic heterocycles. The Balaban J connectivity index is 1.27. The Labute approximate surface area is 320 Å². The second-order valence-corrected chi connectivity index (χ2v) is 13.7. The highest BCUT2D eigenvalue weighted by Crippen LogP contribution is 2.42. The summed E-state index contributed by atoms with van der Waals surface area (Å²) in [5, 5.41) is 14.3. The van der Waals surface area contributed by atoms with Crippen LogP contribution in [0.4, 0.5) is 36.8 Å². The fraction of sp³-hybridized carbons (Fsp3) is 0.289. The van der Waals surface area contributed by atoms with Crippen molar-refractivity contribution in [3.63, 3.8) is 0 Å². The number of ether oxygens (including phenoxy) is 2. The summed E-state index contributed by atoms with van der Waals surface area (Å²) in [6.45, 7) is 2.30. The zero-order valence-electron chi connectivity index (χ0n) is 31.3. The topological polar surface area (TPSA) is 178 Å². The number of allylic oxidation sites excluding steroid dienone is 1. The first-order chi connectivity index (χ1) is 26.8. The second-order valence-electron chi connectivity index (χ2n) is 13.7. The number of ketones is 1. The zero-order chi connectivity index (χ0) is 40.1. The molecule has 0 saturated heterocycles. The molecular weight excluding hydrogens is 730 g/mol. The molecule has 4 heterocycles. The van der Waals surface area contributed by atoms with Crippen LogP contribution in [0.5, 0.6) is 11.5 Å². The van der Waals surface area contributed by atoms with Gasteiger partial charge in [0.25, 0.3) is 0 Å². The summed E-state index contributed by atoms with van der Waals surface area (Å²) in [5.74, 6) is -2.45. The number of halogens is 2. The molecule has 0 bridgehead atoms. The number of aliphatic imine (C=N–C) groups is 1. The fourth-order valence-electron chi connectivity index (χ4n) is 6.51. The summed E-state index contributed by atoms with van der Waals surface area (Å²) in [5.41, 5.74) is 1.62. The van der Waals surface area contributed by atoms with Gasteiger partial charge in [-0.2, -0.15) is 4.98 Å². The van der Waals surface area contributed by atoms with Crippen LogP contribution in [-0.4, -0.2) is 88.8 Å². The van der Waals surface area contributed by atoms with Gasteiger partial charge in [0.2, 0.25) is 5.95 Å². The average molecular weight is 770 g/mol. The Bertz CT molecular complexity index is 2240. The van der Waals surface area contributed by atoms with Crippen molar-refractivity contribution < 1.29 is 37.2 Å². The van der Waals surface area contributed by atoms with E-state index >= 15 is 8.78 Å². The third kappa shape index (κ3) is 8.34. The molecule has 0 aliphatic carbocycles. The van der Waals surface area contributed by atoms with Crippen LogP contribution < -0.4 is 24.6 Å². The van der Waals surface area contributed by atoms with Crippen LogP contribution in [-0.2, 0) is 17.8 Å². The number of anilines is 4. The molecule has 1 N–H and O–H groups in total. The lowest BCUT2D eigenvalue weighted by Gasteiger charge is -2.39. The van der Waals surface area contributed by atoms with Gasteiger partial charge in [0.15, 0.2) is 28.9 Å². The molecule has 2 aliphatic rings. The minimum absolute atomic E-state index is 0.0425. The number of urea groups is 1. The number of hydrogen-bond acceptors (Lipinski definition) is 12. The maximum Gasteiger partial charge on any atom is 0.368 e. The number of likely N-dealkylation sites (N-methyl/N-ethyl adjacent to an activating group) is 1. The SMILES string of the molecule is COc1cc(OC)c(F)c(N2Cc3cnc(Nc4ccncn4)nc3N(C(C)c3cccc(CC(=O)/C=C/C[N+](C)(C)CC4=C([N+](=O)[O-])N=CC4)c3)C2=O)c1F. The number of hydrogen-bond donors (Lipinski definition) is 1. The molecular formula is C38H39F2N10O6+. The van der Waals surface area contributed by atoms with Crippen molar-refractivity contribution >= 4 is 41.3 Å². The van der Waals surface area contributed by atoms with Crippen LogP contribution in [0.25, 0.3) is 0 Å². The molecule has 2 amide bonds.